The van der Waals surface area contributed by atoms with Crippen molar-refractivity contribution in [3.05, 3.63) is 42.0 Å². The number of nitrogens with zero attached hydrogens (tertiary/aromatic N) is 3. The molecule has 0 spiro atoms. The Morgan fingerprint density at radius 3 is 2.94 bits per heavy atom. The fourth-order valence-electron chi connectivity index (χ4n) is 1.82. The van der Waals surface area contributed by atoms with Crippen LogP contribution in [0.1, 0.15) is 11.1 Å². The van der Waals surface area contributed by atoms with Crippen molar-refractivity contribution in [2.24, 2.45) is 0 Å². The molecule has 0 amide bonds. The average Bonchev–Trinajstić information content (AvgIpc) is 2.88. The fraction of sp³-hybridized carbons (Fsp3) is 0.385. The first-order valence-electron chi connectivity index (χ1n) is 5.95. The number of methoxy groups -OCH3 is 1. The second kappa shape index (κ2) is 6.28. The summed E-state index contributed by atoms with van der Waals surface area (Å²) in [6, 6.07) is 6.33. The minimum Gasteiger partial charge on any atom is -0.383 e. The quantitative estimate of drug-likeness (QED) is 0.781. The molecular weight excluding hydrogens is 228 g/mol. The summed E-state index contributed by atoms with van der Waals surface area (Å²) in [7, 11) is 1.71. The van der Waals surface area contributed by atoms with E-state index in [0.29, 0.717) is 0 Å². The molecule has 1 aromatic heterocycles. The van der Waals surface area contributed by atoms with Crippen LogP contribution in [0.5, 0.6) is 0 Å². The molecule has 96 valence electrons. The molecule has 5 nitrogen and oxygen atoms in total. The first-order chi connectivity index (χ1) is 8.81. The van der Waals surface area contributed by atoms with Gasteiger partial charge in [0.25, 0.3) is 0 Å². The van der Waals surface area contributed by atoms with Crippen LogP contribution in [0.4, 0.5) is 0 Å². The zero-order valence-corrected chi connectivity index (χ0v) is 10.8. The lowest BCUT2D eigenvalue weighted by Gasteiger charge is -2.09. The summed E-state index contributed by atoms with van der Waals surface area (Å²) < 4.78 is 6.77. The average molecular weight is 246 g/mol. The number of ether oxygens (including phenoxy) is 1. The van der Waals surface area contributed by atoms with Crippen molar-refractivity contribution < 1.29 is 4.74 Å². The van der Waals surface area contributed by atoms with Gasteiger partial charge in [-0.3, -0.25) is 0 Å². The number of benzene rings is 1. The van der Waals surface area contributed by atoms with Crippen molar-refractivity contribution >= 4 is 0 Å². The second-order valence-electron chi connectivity index (χ2n) is 4.13. The molecule has 0 aliphatic heterocycles. The Kier molecular flexibility index (Phi) is 4.44. The van der Waals surface area contributed by atoms with Gasteiger partial charge in [0.05, 0.1) is 12.3 Å². The highest BCUT2D eigenvalue weighted by molar-refractivity contribution is 5.41. The van der Waals surface area contributed by atoms with Gasteiger partial charge < -0.3 is 10.1 Å². The molecule has 5 heteroatoms. The molecule has 0 radical (unpaired) electrons. The van der Waals surface area contributed by atoms with Gasteiger partial charge in [-0.05, 0) is 24.1 Å². The maximum Gasteiger partial charge on any atom is 0.138 e. The highest BCUT2D eigenvalue weighted by Crippen LogP contribution is 2.14. The van der Waals surface area contributed by atoms with Crippen molar-refractivity contribution in [3.63, 3.8) is 0 Å². The Morgan fingerprint density at radius 1 is 1.39 bits per heavy atom. The molecule has 0 atom stereocenters. The van der Waals surface area contributed by atoms with Gasteiger partial charge in [-0.15, -0.1) is 0 Å². The Morgan fingerprint density at radius 2 is 2.28 bits per heavy atom. The summed E-state index contributed by atoms with van der Waals surface area (Å²) in [5.41, 5.74) is 3.51. The van der Waals surface area contributed by atoms with Gasteiger partial charge in [0.1, 0.15) is 12.7 Å². The summed E-state index contributed by atoms with van der Waals surface area (Å²) in [6.45, 7) is 4.52. The molecule has 0 fully saturated rings. The van der Waals surface area contributed by atoms with Crippen molar-refractivity contribution in [2.75, 3.05) is 20.3 Å². The van der Waals surface area contributed by atoms with Crippen LogP contribution in [0.25, 0.3) is 5.69 Å². The molecule has 0 bridgehead atoms. The highest BCUT2D eigenvalue weighted by Gasteiger charge is 2.02. The zero-order chi connectivity index (χ0) is 12.8. The van der Waals surface area contributed by atoms with Crippen LogP contribution in [-0.4, -0.2) is 35.0 Å². The minimum atomic E-state index is 0.732. The van der Waals surface area contributed by atoms with Crippen molar-refractivity contribution in [3.8, 4) is 5.69 Å². The van der Waals surface area contributed by atoms with Crippen molar-refractivity contribution in [1.29, 1.82) is 0 Å². The van der Waals surface area contributed by atoms with Gasteiger partial charge in [-0.1, -0.05) is 12.1 Å². The van der Waals surface area contributed by atoms with Gasteiger partial charge in [-0.25, -0.2) is 9.67 Å². The summed E-state index contributed by atoms with van der Waals surface area (Å²) >= 11 is 0. The lowest BCUT2D eigenvalue weighted by Crippen LogP contribution is -2.18. The molecule has 0 saturated heterocycles. The van der Waals surface area contributed by atoms with Crippen molar-refractivity contribution in [1.82, 2.24) is 20.1 Å². The molecule has 1 heterocycles. The number of aryl methyl sites for hydroxylation is 1. The predicted octanol–water partition coefficient (Wildman–Crippen LogP) is 1.31. The van der Waals surface area contributed by atoms with Gasteiger partial charge in [0.2, 0.25) is 0 Å². The molecule has 0 saturated carbocycles. The van der Waals surface area contributed by atoms with E-state index in [1.807, 2.05) is 0 Å². The van der Waals surface area contributed by atoms with E-state index in [1.165, 1.54) is 11.1 Å². The fourth-order valence-corrected chi connectivity index (χ4v) is 1.82. The standard InChI is InChI=1S/C13H18N4O/c1-11-7-12(8-14-5-6-18-2)3-4-13(11)17-10-15-9-16-17/h3-4,7,9-10,14H,5-6,8H2,1-2H3. The van der Waals surface area contributed by atoms with E-state index in [2.05, 4.69) is 40.5 Å². The van der Waals surface area contributed by atoms with Gasteiger partial charge >= 0.3 is 0 Å². The molecule has 2 aromatic rings. The zero-order valence-electron chi connectivity index (χ0n) is 10.8. The summed E-state index contributed by atoms with van der Waals surface area (Å²) in [5, 5.41) is 7.46. The molecule has 0 aliphatic carbocycles. The van der Waals surface area contributed by atoms with Crippen molar-refractivity contribution in [2.45, 2.75) is 13.5 Å². The third-order valence-corrected chi connectivity index (χ3v) is 2.74. The number of nitrogens with one attached hydrogen (secondary N) is 1. The van der Waals surface area contributed by atoms with Crippen LogP contribution in [0.15, 0.2) is 30.9 Å². The highest BCUT2D eigenvalue weighted by atomic mass is 16.5. The molecule has 2 rings (SSSR count). The number of aromatic nitrogens is 3. The monoisotopic (exact) mass is 246 g/mol. The molecule has 18 heavy (non-hydrogen) atoms. The maximum atomic E-state index is 4.99. The van der Waals surface area contributed by atoms with E-state index in [1.54, 1.807) is 24.4 Å². The Bertz CT molecular complexity index is 482. The third-order valence-electron chi connectivity index (χ3n) is 2.74. The first kappa shape index (κ1) is 12.7. The smallest absolute Gasteiger partial charge is 0.138 e. The van der Waals surface area contributed by atoms with E-state index >= 15 is 0 Å². The summed E-state index contributed by atoms with van der Waals surface area (Å²) in [4.78, 5) is 3.96. The molecular formula is C13H18N4O. The van der Waals surface area contributed by atoms with Crippen LogP contribution in [0.3, 0.4) is 0 Å². The normalized spacial score (nSPS) is 10.8. The lowest BCUT2D eigenvalue weighted by molar-refractivity contribution is 0.199. The Labute approximate surface area is 107 Å². The minimum absolute atomic E-state index is 0.732. The molecule has 0 aliphatic rings. The second-order valence-corrected chi connectivity index (χ2v) is 4.13. The van der Waals surface area contributed by atoms with E-state index < -0.39 is 0 Å². The Hall–Kier alpha value is -1.72. The van der Waals surface area contributed by atoms with Gasteiger partial charge in [0.15, 0.2) is 0 Å². The Balaban J connectivity index is 2.01. The predicted molar refractivity (Wildman–Crippen MR) is 69.7 cm³/mol. The van der Waals surface area contributed by atoms with E-state index in [4.69, 9.17) is 4.74 Å². The summed E-state index contributed by atoms with van der Waals surface area (Å²) in [5.74, 6) is 0. The summed E-state index contributed by atoms with van der Waals surface area (Å²) in [6.07, 6.45) is 3.25. The van der Waals surface area contributed by atoms with Gasteiger partial charge in [0, 0.05) is 20.2 Å². The van der Waals surface area contributed by atoms with E-state index in [-0.39, 0.29) is 0 Å². The maximum absolute atomic E-state index is 4.99. The van der Waals surface area contributed by atoms with Crippen LogP contribution < -0.4 is 5.32 Å². The third kappa shape index (κ3) is 3.15. The number of hydrogen-bond donors (Lipinski definition) is 1. The van der Waals surface area contributed by atoms with Crippen LogP contribution in [-0.2, 0) is 11.3 Å². The first-order valence-corrected chi connectivity index (χ1v) is 5.95. The molecule has 1 N–H and O–H groups in total. The largest absolute Gasteiger partial charge is 0.383 e. The lowest BCUT2D eigenvalue weighted by atomic mass is 10.1. The SMILES string of the molecule is COCCNCc1ccc(-n2cncn2)c(C)c1. The van der Waals surface area contributed by atoms with Crippen LogP contribution in [0.2, 0.25) is 0 Å². The topological polar surface area (TPSA) is 52.0 Å². The van der Waals surface area contributed by atoms with Crippen LogP contribution >= 0.6 is 0 Å². The molecule has 1 aromatic carbocycles. The van der Waals surface area contributed by atoms with Crippen LogP contribution in [0, 0.1) is 6.92 Å². The van der Waals surface area contributed by atoms with E-state index in [9.17, 15) is 0 Å². The number of rotatable bonds is 6. The van der Waals surface area contributed by atoms with Gasteiger partial charge in [-0.2, -0.15) is 5.10 Å². The number of hydrogen-bond acceptors (Lipinski definition) is 4. The molecule has 0 unspecified atom stereocenters. The van der Waals surface area contributed by atoms with E-state index in [0.717, 1.165) is 25.4 Å².